The third-order valence-corrected chi connectivity index (χ3v) is 6.85. The van der Waals surface area contributed by atoms with Gasteiger partial charge >= 0.3 is 6.09 Å². The lowest BCUT2D eigenvalue weighted by molar-refractivity contribution is 0.0159. The van der Waals surface area contributed by atoms with Crippen molar-refractivity contribution in [3.8, 4) is 5.75 Å². The lowest BCUT2D eigenvalue weighted by atomic mass is 9.74. The second-order valence-corrected chi connectivity index (χ2v) is 12.0. The van der Waals surface area contributed by atoms with Gasteiger partial charge in [0.25, 0.3) is 0 Å². The summed E-state index contributed by atoms with van der Waals surface area (Å²) in [5, 5.41) is 10.0. The topological polar surface area (TPSA) is 85.2 Å². The molecule has 0 saturated carbocycles. The molecule has 1 heterocycles. The Bertz CT molecular complexity index is 815. The molecule has 0 radical (unpaired) electrons. The van der Waals surface area contributed by atoms with Gasteiger partial charge in [-0.1, -0.05) is 10.5 Å². The van der Waals surface area contributed by atoms with Gasteiger partial charge in [-0.15, -0.1) is 0 Å². The standard InChI is InChI=1S/C22H32N2O4S/c1-20(2,3)28-19(26)24-11-9-22(10-12-24)14-15-7-8-16(25)13-17(15)18(22)23-29(27)21(4,5)6/h7-8,13,25H,9-12,14H2,1-6H3/b23-18+/t29-/m1/s1. The minimum absolute atomic E-state index is 0.182. The molecule has 1 aliphatic heterocycles. The molecule has 1 fully saturated rings. The van der Waals surface area contributed by atoms with Gasteiger partial charge in [-0.25, -0.2) is 4.79 Å². The first-order chi connectivity index (χ1) is 13.3. The smallest absolute Gasteiger partial charge is 0.410 e. The lowest BCUT2D eigenvalue weighted by Crippen LogP contribution is -2.47. The second-order valence-electron chi connectivity index (χ2n) is 10.1. The molecule has 1 spiro atoms. The van der Waals surface area contributed by atoms with E-state index in [1.807, 2.05) is 47.6 Å². The second kappa shape index (κ2) is 7.51. The van der Waals surface area contributed by atoms with Crippen LogP contribution in [0.25, 0.3) is 0 Å². The number of hydrogen-bond donors (Lipinski definition) is 1. The van der Waals surface area contributed by atoms with Gasteiger partial charge in [0, 0.05) is 24.1 Å². The predicted molar refractivity (Wildman–Crippen MR) is 116 cm³/mol. The Balaban J connectivity index is 1.88. The monoisotopic (exact) mass is 420 g/mol. The molecule has 1 atom stereocenters. The van der Waals surface area contributed by atoms with Crippen molar-refractivity contribution in [3.05, 3.63) is 29.3 Å². The minimum Gasteiger partial charge on any atom is -0.591 e. The number of piperidine rings is 1. The maximum atomic E-state index is 12.8. The number of hydrogen-bond acceptors (Lipinski definition) is 5. The van der Waals surface area contributed by atoms with E-state index in [4.69, 9.17) is 4.74 Å². The largest absolute Gasteiger partial charge is 0.591 e. The van der Waals surface area contributed by atoms with E-state index < -0.39 is 21.7 Å². The molecule has 1 N–H and O–H groups in total. The number of nitrogens with zero attached hydrogens (tertiary/aromatic N) is 2. The van der Waals surface area contributed by atoms with Crippen LogP contribution in [0, 0.1) is 5.41 Å². The number of phenols is 1. The van der Waals surface area contributed by atoms with Crippen LogP contribution in [-0.4, -0.2) is 49.8 Å². The van der Waals surface area contributed by atoms with Crippen molar-refractivity contribution >= 4 is 23.2 Å². The van der Waals surface area contributed by atoms with Crippen LogP contribution in [0.1, 0.15) is 65.5 Å². The van der Waals surface area contributed by atoms with Crippen molar-refractivity contribution in [2.75, 3.05) is 13.1 Å². The number of likely N-dealkylation sites (tertiary alicyclic amines) is 1. The van der Waals surface area contributed by atoms with Crippen LogP contribution >= 0.6 is 0 Å². The van der Waals surface area contributed by atoms with Gasteiger partial charge in [-0.3, -0.25) is 0 Å². The van der Waals surface area contributed by atoms with Gasteiger partial charge in [-0.2, -0.15) is 0 Å². The highest BCUT2D eigenvalue weighted by atomic mass is 32.2. The van der Waals surface area contributed by atoms with Gasteiger partial charge in [-0.05, 0) is 78.5 Å². The Labute approximate surface area is 176 Å². The average Bonchev–Trinajstić information content (AvgIpc) is 2.86. The van der Waals surface area contributed by atoms with Crippen molar-refractivity contribution in [2.45, 2.75) is 71.2 Å². The van der Waals surface area contributed by atoms with Gasteiger partial charge in [0.2, 0.25) is 0 Å². The Kier molecular flexibility index (Phi) is 5.69. The van der Waals surface area contributed by atoms with Gasteiger partial charge in [0.05, 0.1) is 0 Å². The van der Waals surface area contributed by atoms with E-state index in [-0.39, 0.29) is 17.3 Å². The van der Waals surface area contributed by atoms with Crippen LogP contribution in [0.15, 0.2) is 22.6 Å². The molecule has 29 heavy (non-hydrogen) atoms. The van der Waals surface area contributed by atoms with Crippen molar-refractivity contribution in [2.24, 2.45) is 9.81 Å². The molecule has 1 aromatic carbocycles. The maximum Gasteiger partial charge on any atom is 0.410 e. The zero-order valence-corrected chi connectivity index (χ0v) is 19.1. The van der Waals surface area contributed by atoms with Crippen LogP contribution in [-0.2, 0) is 22.5 Å². The molecule has 160 valence electrons. The molecule has 2 aliphatic rings. The van der Waals surface area contributed by atoms with Gasteiger partial charge < -0.3 is 19.3 Å². The molecule has 0 unspecified atom stereocenters. The molecule has 0 bridgehead atoms. The van der Waals surface area contributed by atoms with E-state index in [9.17, 15) is 14.5 Å². The predicted octanol–water partition coefficient (Wildman–Crippen LogP) is 4.22. The quantitative estimate of drug-likeness (QED) is 0.690. The summed E-state index contributed by atoms with van der Waals surface area (Å²) in [5.41, 5.74) is 2.01. The summed E-state index contributed by atoms with van der Waals surface area (Å²) < 4.78 is 22.6. The number of carbonyl (C=O) groups excluding carboxylic acids is 1. The van der Waals surface area contributed by atoms with E-state index in [2.05, 4.69) is 4.40 Å². The third-order valence-electron chi connectivity index (χ3n) is 5.45. The highest BCUT2D eigenvalue weighted by molar-refractivity contribution is 7.91. The highest BCUT2D eigenvalue weighted by Crippen LogP contribution is 2.46. The van der Waals surface area contributed by atoms with E-state index in [1.165, 1.54) is 0 Å². The summed E-state index contributed by atoms with van der Waals surface area (Å²) in [6.07, 6.45) is 1.94. The Hall–Kier alpha value is -1.73. The fraction of sp³-hybridized carbons (Fsp3) is 0.636. The zero-order valence-electron chi connectivity index (χ0n) is 18.2. The van der Waals surface area contributed by atoms with E-state index in [0.717, 1.165) is 36.1 Å². The van der Waals surface area contributed by atoms with E-state index >= 15 is 0 Å². The zero-order chi connectivity index (χ0) is 21.6. The number of ether oxygens (including phenoxy) is 1. The number of phenolic OH excluding ortho intramolecular Hbond substituents is 1. The van der Waals surface area contributed by atoms with Crippen LogP contribution in [0.4, 0.5) is 4.79 Å². The molecule has 1 aromatic rings. The molecule has 1 aliphatic carbocycles. The molecular weight excluding hydrogens is 388 g/mol. The number of benzene rings is 1. The van der Waals surface area contributed by atoms with Crippen molar-refractivity contribution in [3.63, 3.8) is 0 Å². The van der Waals surface area contributed by atoms with E-state index in [0.29, 0.717) is 13.1 Å². The Morgan fingerprint density at radius 2 is 1.83 bits per heavy atom. The molecular formula is C22H32N2O4S. The Morgan fingerprint density at radius 1 is 1.21 bits per heavy atom. The first-order valence-electron chi connectivity index (χ1n) is 10.1. The van der Waals surface area contributed by atoms with Crippen LogP contribution in [0.3, 0.4) is 0 Å². The minimum atomic E-state index is -1.40. The average molecular weight is 421 g/mol. The number of amides is 1. The third kappa shape index (κ3) is 4.72. The number of fused-ring (bicyclic) bond motifs is 1. The van der Waals surface area contributed by atoms with Crippen LogP contribution in [0.2, 0.25) is 0 Å². The summed E-state index contributed by atoms with van der Waals surface area (Å²) in [4.78, 5) is 14.2. The lowest BCUT2D eigenvalue weighted by Gasteiger charge is -2.39. The first kappa shape index (κ1) is 22.0. The molecule has 1 amide bonds. The highest BCUT2D eigenvalue weighted by Gasteiger charge is 2.48. The van der Waals surface area contributed by atoms with Crippen molar-refractivity contribution in [1.29, 1.82) is 0 Å². The van der Waals surface area contributed by atoms with Crippen LogP contribution in [0.5, 0.6) is 5.75 Å². The fourth-order valence-electron chi connectivity index (χ4n) is 3.90. The molecule has 6 nitrogen and oxygen atoms in total. The van der Waals surface area contributed by atoms with Gasteiger partial charge in [0.15, 0.2) is 0 Å². The summed E-state index contributed by atoms with van der Waals surface area (Å²) in [6, 6.07) is 5.34. The Morgan fingerprint density at radius 3 is 2.38 bits per heavy atom. The molecule has 0 aromatic heterocycles. The maximum absolute atomic E-state index is 12.8. The van der Waals surface area contributed by atoms with Gasteiger partial charge in [0.1, 0.15) is 33.2 Å². The summed E-state index contributed by atoms with van der Waals surface area (Å²) in [7, 11) is 0. The van der Waals surface area contributed by atoms with Crippen molar-refractivity contribution < 1.29 is 19.2 Å². The molecule has 7 heteroatoms. The summed E-state index contributed by atoms with van der Waals surface area (Å²) >= 11 is -1.40. The number of aromatic hydroxyl groups is 1. The van der Waals surface area contributed by atoms with Crippen molar-refractivity contribution in [1.82, 2.24) is 4.90 Å². The molecule has 1 saturated heterocycles. The van der Waals surface area contributed by atoms with Crippen LogP contribution < -0.4 is 0 Å². The van der Waals surface area contributed by atoms with E-state index in [1.54, 1.807) is 17.0 Å². The normalized spacial score (nSPS) is 21.3. The summed E-state index contributed by atoms with van der Waals surface area (Å²) in [5.74, 6) is 0.182. The first-order valence-corrected chi connectivity index (χ1v) is 11.2. The number of rotatable bonds is 1. The summed E-state index contributed by atoms with van der Waals surface area (Å²) in [6.45, 7) is 12.4. The molecule has 3 rings (SSSR count). The number of carbonyl (C=O) groups is 1. The fourth-order valence-corrected chi connectivity index (χ4v) is 4.63. The SMILES string of the molecule is CC(C)(C)OC(=O)N1CCC2(CC1)Cc1ccc(O)cc1/C2=N\[S@+]([O-])C(C)(C)C.